The third-order valence-corrected chi connectivity index (χ3v) is 3.55. The highest BCUT2D eigenvalue weighted by Gasteiger charge is 2.15. The minimum atomic E-state index is -0.295. The van der Waals surface area contributed by atoms with Crippen LogP contribution < -0.4 is 16.6 Å². The maximum atomic E-state index is 11.9. The van der Waals surface area contributed by atoms with Crippen molar-refractivity contribution in [3.05, 3.63) is 33.9 Å². The number of hydrazine groups is 1. The summed E-state index contributed by atoms with van der Waals surface area (Å²) in [4.78, 5) is 16.3. The van der Waals surface area contributed by atoms with E-state index in [1.165, 1.54) is 11.3 Å². The van der Waals surface area contributed by atoms with Gasteiger partial charge in [-0.15, -0.1) is 21.5 Å². The summed E-state index contributed by atoms with van der Waals surface area (Å²) in [6.07, 6.45) is 0. The third kappa shape index (κ3) is 3.24. The Hall–Kier alpha value is -2.06. The zero-order valence-electron chi connectivity index (χ0n) is 10.5. The summed E-state index contributed by atoms with van der Waals surface area (Å²) in [5.41, 5.74) is 3.53. The second-order valence-corrected chi connectivity index (χ2v) is 4.86. The molecule has 1 amide bonds. The number of carbonyl (C=O) groups excluding carboxylic acids is 1. The van der Waals surface area contributed by atoms with Gasteiger partial charge in [-0.3, -0.25) is 4.79 Å². The first-order valence-electron chi connectivity index (χ1n) is 5.63. The molecule has 1 unspecified atom stereocenters. The van der Waals surface area contributed by atoms with Gasteiger partial charge in [-0.2, -0.15) is 0 Å². The number of nitrogens with zero attached hydrogens (tertiary/aromatic N) is 3. The molecule has 2 aromatic heterocycles. The number of nitrogen functional groups attached to an aromatic ring is 1. The molecule has 0 aliphatic carbocycles. The monoisotopic (exact) mass is 278 g/mol. The maximum absolute atomic E-state index is 11.9. The van der Waals surface area contributed by atoms with E-state index in [1.807, 2.05) is 19.2 Å². The molecule has 0 aliphatic rings. The quantitative estimate of drug-likeness (QED) is 0.569. The number of hydrogen-bond acceptors (Lipinski definition) is 7. The van der Waals surface area contributed by atoms with Crippen LogP contribution in [0.3, 0.4) is 0 Å². The molecule has 19 heavy (non-hydrogen) atoms. The summed E-state index contributed by atoms with van der Waals surface area (Å²) in [6.45, 7) is 3.79. The van der Waals surface area contributed by atoms with Crippen LogP contribution >= 0.6 is 11.3 Å². The van der Waals surface area contributed by atoms with Crippen molar-refractivity contribution < 1.29 is 4.79 Å². The molecule has 0 aromatic carbocycles. The number of thiazole rings is 1. The smallest absolute Gasteiger partial charge is 0.272 e. The highest BCUT2D eigenvalue weighted by Crippen LogP contribution is 2.17. The molecule has 100 valence electrons. The molecule has 0 radical (unpaired) electrons. The Morgan fingerprint density at radius 2 is 2.21 bits per heavy atom. The summed E-state index contributed by atoms with van der Waals surface area (Å²) in [6, 6.07) is 2.97. The van der Waals surface area contributed by atoms with Gasteiger partial charge in [0.25, 0.3) is 5.91 Å². The van der Waals surface area contributed by atoms with Gasteiger partial charge in [-0.05, 0) is 26.0 Å². The first-order valence-corrected chi connectivity index (χ1v) is 6.51. The van der Waals surface area contributed by atoms with Crippen molar-refractivity contribution in [2.75, 3.05) is 5.43 Å². The zero-order chi connectivity index (χ0) is 13.8. The zero-order valence-corrected chi connectivity index (χ0v) is 11.4. The van der Waals surface area contributed by atoms with Crippen molar-refractivity contribution in [2.24, 2.45) is 5.84 Å². The lowest BCUT2D eigenvalue weighted by Crippen LogP contribution is -2.27. The van der Waals surface area contributed by atoms with E-state index < -0.39 is 0 Å². The largest absolute Gasteiger partial charge is 0.342 e. The van der Waals surface area contributed by atoms with Gasteiger partial charge in [-0.25, -0.2) is 10.8 Å². The van der Waals surface area contributed by atoms with Crippen molar-refractivity contribution in [3.8, 4) is 0 Å². The lowest BCUT2D eigenvalue weighted by atomic mass is 10.3. The predicted octanol–water partition coefficient (Wildman–Crippen LogP) is 1.02. The van der Waals surface area contributed by atoms with Gasteiger partial charge < -0.3 is 10.7 Å². The van der Waals surface area contributed by atoms with Crippen LogP contribution in [-0.4, -0.2) is 21.1 Å². The van der Waals surface area contributed by atoms with Crippen LogP contribution in [0.1, 0.15) is 34.2 Å². The highest BCUT2D eigenvalue weighted by molar-refractivity contribution is 7.09. The van der Waals surface area contributed by atoms with Crippen molar-refractivity contribution in [1.82, 2.24) is 20.5 Å². The Bertz CT molecular complexity index is 567. The molecule has 8 heteroatoms. The SMILES string of the molecule is Cc1csc(C(C)NC(=O)c2ccc(NN)nn2)n1. The normalized spacial score (nSPS) is 11.9. The lowest BCUT2D eigenvalue weighted by molar-refractivity contribution is 0.0934. The van der Waals surface area contributed by atoms with Crippen molar-refractivity contribution >= 4 is 23.1 Å². The van der Waals surface area contributed by atoms with Gasteiger partial charge in [-0.1, -0.05) is 0 Å². The molecule has 2 rings (SSSR count). The first-order chi connectivity index (χ1) is 9.10. The topological polar surface area (TPSA) is 106 Å². The molecule has 7 nitrogen and oxygen atoms in total. The molecule has 0 bridgehead atoms. The van der Waals surface area contributed by atoms with E-state index in [-0.39, 0.29) is 17.6 Å². The number of nitrogens with one attached hydrogen (secondary N) is 2. The van der Waals surface area contributed by atoms with Gasteiger partial charge in [0.15, 0.2) is 11.5 Å². The van der Waals surface area contributed by atoms with E-state index in [4.69, 9.17) is 5.84 Å². The molecule has 0 spiro atoms. The average molecular weight is 278 g/mol. The van der Waals surface area contributed by atoms with E-state index in [9.17, 15) is 4.79 Å². The molecule has 0 aliphatic heterocycles. The van der Waals surface area contributed by atoms with Gasteiger partial charge >= 0.3 is 0 Å². The fraction of sp³-hybridized carbons (Fsp3) is 0.273. The highest BCUT2D eigenvalue weighted by atomic mass is 32.1. The fourth-order valence-corrected chi connectivity index (χ4v) is 2.24. The average Bonchev–Trinajstić information content (AvgIpc) is 2.85. The van der Waals surface area contributed by atoms with Crippen molar-refractivity contribution in [3.63, 3.8) is 0 Å². The van der Waals surface area contributed by atoms with Crippen LogP contribution in [-0.2, 0) is 0 Å². The molecule has 2 aromatic rings. The molecule has 0 saturated heterocycles. The number of nitrogens with two attached hydrogens (primary N) is 1. The summed E-state index contributed by atoms with van der Waals surface area (Å²) in [7, 11) is 0. The van der Waals surface area contributed by atoms with Gasteiger partial charge in [0.2, 0.25) is 0 Å². The molecular formula is C11H14N6OS. The van der Waals surface area contributed by atoms with Crippen LogP contribution in [0.25, 0.3) is 0 Å². The Kier molecular flexibility index (Phi) is 4.03. The number of rotatable bonds is 4. The Labute approximate surface area is 114 Å². The van der Waals surface area contributed by atoms with Gasteiger partial charge in [0.05, 0.1) is 6.04 Å². The number of aryl methyl sites for hydroxylation is 1. The van der Waals surface area contributed by atoms with E-state index >= 15 is 0 Å². The van der Waals surface area contributed by atoms with Crippen LogP contribution in [0.15, 0.2) is 17.5 Å². The van der Waals surface area contributed by atoms with E-state index in [0.29, 0.717) is 5.82 Å². The minimum absolute atomic E-state index is 0.166. The van der Waals surface area contributed by atoms with Crippen LogP contribution in [0.5, 0.6) is 0 Å². The lowest BCUT2D eigenvalue weighted by Gasteiger charge is -2.10. The number of hydrogen-bond donors (Lipinski definition) is 3. The summed E-state index contributed by atoms with van der Waals surface area (Å²) in [5, 5.41) is 13.1. The van der Waals surface area contributed by atoms with Gasteiger partial charge in [0, 0.05) is 11.1 Å². The Morgan fingerprint density at radius 1 is 1.42 bits per heavy atom. The van der Waals surface area contributed by atoms with Crippen molar-refractivity contribution in [2.45, 2.75) is 19.9 Å². The van der Waals surface area contributed by atoms with E-state index in [0.717, 1.165) is 10.7 Å². The second kappa shape index (κ2) is 5.72. The molecule has 0 fully saturated rings. The number of anilines is 1. The van der Waals surface area contributed by atoms with Crippen LogP contribution in [0.2, 0.25) is 0 Å². The fourth-order valence-electron chi connectivity index (χ4n) is 1.43. The van der Waals surface area contributed by atoms with Gasteiger partial charge in [0.1, 0.15) is 5.01 Å². The van der Waals surface area contributed by atoms with Crippen LogP contribution in [0, 0.1) is 6.92 Å². The first kappa shape index (κ1) is 13.4. The summed E-state index contributed by atoms with van der Waals surface area (Å²) < 4.78 is 0. The predicted molar refractivity (Wildman–Crippen MR) is 72.6 cm³/mol. The number of aromatic nitrogens is 3. The van der Waals surface area contributed by atoms with Crippen LogP contribution in [0.4, 0.5) is 5.82 Å². The summed E-state index contributed by atoms with van der Waals surface area (Å²) in [5.74, 6) is 5.28. The molecule has 1 atom stereocenters. The van der Waals surface area contributed by atoms with E-state index in [2.05, 4.69) is 25.9 Å². The minimum Gasteiger partial charge on any atom is -0.342 e. The molecule has 2 heterocycles. The molecular weight excluding hydrogens is 264 g/mol. The standard InChI is InChI=1S/C11H14N6OS/c1-6-5-19-11(13-6)7(2)14-10(18)8-3-4-9(15-12)17-16-8/h3-5,7H,12H2,1-2H3,(H,14,18)(H,15,17). The molecule has 4 N–H and O–H groups in total. The third-order valence-electron chi connectivity index (χ3n) is 2.40. The number of carbonyl (C=O) groups is 1. The van der Waals surface area contributed by atoms with Crippen molar-refractivity contribution in [1.29, 1.82) is 0 Å². The maximum Gasteiger partial charge on any atom is 0.272 e. The Morgan fingerprint density at radius 3 is 2.74 bits per heavy atom. The number of amides is 1. The molecule has 0 saturated carbocycles. The second-order valence-electron chi connectivity index (χ2n) is 3.97. The Balaban J connectivity index is 2.03. The summed E-state index contributed by atoms with van der Waals surface area (Å²) >= 11 is 1.51. The van der Waals surface area contributed by atoms with E-state index in [1.54, 1.807) is 12.1 Å².